The number of nitrogens with two attached hydrogens (primary N) is 1. The lowest BCUT2D eigenvalue weighted by Crippen LogP contribution is -2.33. The Kier molecular flexibility index (Phi) is 4.61. The molecule has 2 heterocycles. The number of amides is 1. The second-order valence-electron chi connectivity index (χ2n) is 6.50. The normalized spacial score (nSPS) is 14.2. The number of hydrogen-bond acceptors (Lipinski definition) is 5. The van der Waals surface area contributed by atoms with Crippen LogP contribution in [0, 0.1) is 5.92 Å². The second-order valence-corrected chi connectivity index (χ2v) is 7.28. The highest BCUT2D eigenvalue weighted by atomic mass is 32.1. The zero-order valence-electron chi connectivity index (χ0n) is 13.5. The third-order valence-corrected chi connectivity index (χ3v) is 4.55. The maximum Gasteiger partial charge on any atom is 0.273 e. The Balaban J connectivity index is 1.83. The molecule has 0 spiro atoms. The maximum atomic E-state index is 12.9. The highest BCUT2D eigenvalue weighted by Gasteiger charge is 2.34. The van der Waals surface area contributed by atoms with Crippen molar-refractivity contribution in [2.75, 3.05) is 5.73 Å². The molecule has 1 amide bonds. The first-order valence-electron chi connectivity index (χ1n) is 7.98. The van der Waals surface area contributed by atoms with Crippen molar-refractivity contribution in [1.82, 2.24) is 14.9 Å². The van der Waals surface area contributed by atoms with Gasteiger partial charge in [-0.15, -0.1) is 0 Å². The van der Waals surface area contributed by atoms with Gasteiger partial charge >= 0.3 is 0 Å². The molecule has 2 aromatic rings. The van der Waals surface area contributed by atoms with E-state index in [1.807, 2.05) is 10.3 Å². The fourth-order valence-electron chi connectivity index (χ4n) is 2.63. The lowest BCUT2D eigenvalue weighted by atomic mass is 10.1. The molecule has 5 nitrogen and oxygen atoms in total. The summed E-state index contributed by atoms with van der Waals surface area (Å²) in [5, 5.41) is 4.12. The van der Waals surface area contributed by atoms with Crippen LogP contribution in [0.2, 0.25) is 0 Å². The fourth-order valence-corrected chi connectivity index (χ4v) is 3.29. The fraction of sp³-hybridized carbons (Fsp3) is 0.471. The van der Waals surface area contributed by atoms with E-state index < -0.39 is 0 Å². The van der Waals surface area contributed by atoms with Gasteiger partial charge in [0.2, 0.25) is 5.95 Å². The van der Waals surface area contributed by atoms with Crippen LogP contribution in [-0.2, 0) is 13.0 Å². The topological polar surface area (TPSA) is 72.1 Å². The Labute approximate surface area is 140 Å². The minimum absolute atomic E-state index is 0.0437. The number of nitrogens with zero attached hydrogens (tertiary/aromatic N) is 3. The molecule has 23 heavy (non-hydrogen) atoms. The first-order valence-corrected chi connectivity index (χ1v) is 8.92. The van der Waals surface area contributed by atoms with Gasteiger partial charge in [0.1, 0.15) is 5.69 Å². The molecule has 1 aliphatic rings. The van der Waals surface area contributed by atoms with Crippen LogP contribution in [0.4, 0.5) is 5.95 Å². The van der Waals surface area contributed by atoms with E-state index in [4.69, 9.17) is 5.73 Å². The monoisotopic (exact) mass is 330 g/mol. The Morgan fingerprint density at radius 2 is 2.22 bits per heavy atom. The van der Waals surface area contributed by atoms with Crippen molar-refractivity contribution in [2.45, 2.75) is 45.7 Å². The summed E-state index contributed by atoms with van der Waals surface area (Å²) in [6, 6.07) is 4.18. The van der Waals surface area contributed by atoms with E-state index >= 15 is 0 Å². The Morgan fingerprint density at radius 3 is 2.83 bits per heavy atom. The summed E-state index contributed by atoms with van der Waals surface area (Å²) in [6.07, 6.45) is 2.92. The molecule has 2 N–H and O–H groups in total. The van der Waals surface area contributed by atoms with Crippen LogP contribution >= 0.6 is 11.3 Å². The minimum Gasteiger partial charge on any atom is -0.368 e. The van der Waals surface area contributed by atoms with Gasteiger partial charge in [0.15, 0.2) is 0 Å². The summed E-state index contributed by atoms with van der Waals surface area (Å²) in [4.78, 5) is 23.3. The number of nitrogen functional groups attached to an aromatic ring is 1. The van der Waals surface area contributed by atoms with Crippen LogP contribution in [0.1, 0.15) is 48.4 Å². The molecule has 1 fully saturated rings. The Bertz CT molecular complexity index is 680. The lowest BCUT2D eigenvalue weighted by Gasteiger charge is -2.22. The number of anilines is 1. The third kappa shape index (κ3) is 4.07. The van der Waals surface area contributed by atoms with Gasteiger partial charge < -0.3 is 10.6 Å². The van der Waals surface area contributed by atoms with Crippen LogP contribution in [0.3, 0.4) is 0 Å². The molecule has 0 radical (unpaired) electrons. The summed E-state index contributed by atoms with van der Waals surface area (Å²) in [6.45, 7) is 4.87. The van der Waals surface area contributed by atoms with Crippen molar-refractivity contribution < 1.29 is 4.79 Å². The molecular weight excluding hydrogens is 308 g/mol. The summed E-state index contributed by atoms with van der Waals surface area (Å²) in [5.41, 5.74) is 8.22. The van der Waals surface area contributed by atoms with Crippen molar-refractivity contribution in [3.63, 3.8) is 0 Å². The summed E-state index contributed by atoms with van der Waals surface area (Å²) in [5.74, 6) is 0.591. The van der Waals surface area contributed by atoms with Crippen LogP contribution in [0.25, 0.3) is 0 Å². The van der Waals surface area contributed by atoms with Gasteiger partial charge in [0, 0.05) is 18.3 Å². The van der Waals surface area contributed by atoms with E-state index in [0.717, 1.165) is 25.0 Å². The Hall–Kier alpha value is -1.95. The zero-order valence-corrected chi connectivity index (χ0v) is 14.3. The molecule has 3 rings (SSSR count). The number of aromatic nitrogens is 2. The first kappa shape index (κ1) is 15.9. The van der Waals surface area contributed by atoms with Crippen molar-refractivity contribution in [3.05, 3.63) is 39.8 Å². The molecule has 0 bridgehead atoms. The summed E-state index contributed by atoms with van der Waals surface area (Å²) < 4.78 is 0. The molecule has 6 heteroatoms. The smallest absolute Gasteiger partial charge is 0.273 e. The average Bonchev–Trinajstić information content (AvgIpc) is 3.19. The van der Waals surface area contributed by atoms with Gasteiger partial charge in [0.25, 0.3) is 5.91 Å². The van der Waals surface area contributed by atoms with Gasteiger partial charge in [-0.25, -0.2) is 9.97 Å². The van der Waals surface area contributed by atoms with E-state index in [1.165, 1.54) is 5.56 Å². The van der Waals surface area contributed by atoms with Crippen molar-refractivity contribution in [3.8, 4) is 0 Å². The highest BCUT2D eigenvalue weighted by molar-refractivity contribution is 7.07. The molecule has 122 valence electrons. The molecule has 0 unspecified atom stereocenters. The van der Waals surface area contributed by atoms with Gasteiger partial charge in [-0.3, -0.25) is 4.79 Å². The number of thiophene rings is 1. The molecular formula is C17H22N4OS. The minimum atomic E-state index is -0.0437. The van der Waals surface area contributed by atoms with E-state index in [1.54, 1.807) is 17.4 Å². The van der Waals surface area contributed by atoms with E-state index in [9.17, 15) is 4.79 Å². The molecule has 1 saturated carbocycles. The first-order chi connectivity index (χ1) is 11.0. The van der Waals surface area contributed by atoms with Crippen LogP contribution in [-0.4, -0.2) is 26.8 Å². The second kappa shape index (κ2) is 6.66. The standard InChI is InChI=1S/C17H22N4OS/c1-11(2)7-13-8-15(20-17(18)19-13)16(22)21(14-3-4-14)9-12-5-6-23-10-12/h5-6,8,10-11,14H,3-4,7,9H2,1-2H3,(H2,18,19,20). The van der Waals surface area contributed by atoms with E-state index in [-0.39, 0.29) is 11.9 Å². The number of rotatable bonds is 6. The van der Waals surface area contributed by atoms with Gasteiger partial charge in [-0.05, 0) is 53.6 Å². The van der Waals surface area contributed by atoms with Gasteiger partial charge in [-0.1, -0.05) is 13.8 Å². The zero-order chi connectivity index (χ0) is 16.4. The molecule has 2 aromatic heterocycles. The van der Waals surface area contributed by atoms with Crippen molar-refractivity contribution >= 4 is 23.2 Å². The van der Waals surface area contributed by atoms with Crippen molar-refractivity contribution in [1.29, 1.82) is 0 Å². The van der Waals surface area contributed by atoms with Crippen LogP contribution in [0.15, 0.2) is 22.9 Å². The largest absolute Gasteiger partial charge is 0.368 e. The van der Waals surface area contributed by atoms with Gasteiger partial charge in [-0.2, -0.15) is 11.3 Å². The molecule has 0 aliphatic heterocycles. The number of hydrogen-bond donors (Lipinski definition) is 1. The lowest BCUT2D eigenvalue weighted by molar-refractivity contribution is 0.0724. The predicted octanol–water partition coefficient (Wildman–Crippen LogP) is 3.12. The highest BCUT2D eigenvalue weighted by Crippen LogP contribution is 2.30. The van der Waals surface area contributed by atoms with Gasteiger partial charge in [0.05, 0.1) is 0 Å². The predicted molar refractivity (Wildman–Crippen MR) is 92.2 cm³/mol. The van der Waals surface area contributed by atoms with Crippen molar-refractivity contribution in [2.24, 2.45) is 5.92 Å². The molecule has 0 atom stereocenters. The quantitative estimate of drug-likeness (QED) is 0.883. The van der Waals surface area contributed by atoms with Crippen LogP contribution in [0.5, 0.6) is 0 Å². The molecule has 0 saturated heterocycles. The van der Waals surface area contributed by atoms with E-state index in [0.29, 0.717) is 24.2 Å². The number of carbonyl (C=O) groups is 1. The van der Waals surface area contributed by atoms with E-state index in [2.05, 4.69) is 35.3 Å². The maximum absolute atomic E-state index is 12.9. The number of carbonyl (C=O) groups excluding carboxylic acids is 1. The SMILES string of the molecule is CC(C)Cc1cc(C(=O)N(Cc2ccsc2)C2CC2)nc(N)n1. The van der Waals surface area contributed by atoms with Crippen LogP contribution < -0.4 is 5.73 Å². The summed E-state index contributed by atoms with van der Waals surface area (Å²) >= 11 is 1.65. The molecule has 1 aliphatic carbocycles. The average molecular weight is 330 g/mol. The molecule has 0 aromatic carbocycles. The Morgan fingerprint density at radius 1 is 1.43 bits per heavy atom. The third-order valence-electron chi connectivity index (χ3n) is 3.81. The summed E-state index contributed by atoms with van der Waals surface area (Å²) in [7, 11) is 0.